The van der Waals surface area contributed by atoms with Crippen molar-refractivity contribution in [2.45, 2.75) is 62.9 Å². The normalized spacial score (nSPS) is 11.4. The average molecular weight is 324 g/mol. The quantitative estimate of drug-likeness (QED) is 0.707. The Morgan fingerprint density at radius 1 is 1.14 bits per heavy atom. The van der Waals surface area contributed by atoms with Gasteiger partial charge in [0.05, 0.1) is 5.69 Å². The van der Waals surface area contributed by atoms with Crippen LogP contribution in [0.5, 0.6) is 0 Å². The van der Waals surface area contributed by atoms with Gasteiger partial charge in [0.15, 0.2) is 0 Å². The van der Waals surface area contributed by atoms with Crippen LogP contribution in [0.25, 0.3) is 0 Å². The molecule has 0 unspecified atom stereocenters. The molecule has 0 fully saturated rings. The Labute approximate surface area is 135 Å². The predicted molar refractivity (Wildman–Crippen MR) is 86.5 cm³/mol. The van der Waals surface area contributed by atoms with Crippen molar-refractivity contribution in [2.75, 3.05) is 0 Å². The number of imidazole rings is 1. The van der Waals surface area contributed by atoms with Gasteiger partial charge >= 0.3 is 0 Å². The number of rotatable bonds is 6. The number of benzene rings is 1. The number of hydrogen-bond donors (Lipinski definition) is 0. The molecule has 0 bridgehead atoms. The van der Waals surface area contributed by atoms with E-state index in [1.807, 2.05) is 0 Å². The van der Waals surface area contributed by atoms with Crippen LogP contribution >= 0.6 is 11.8 Å². The van der Waals surface area contributed by atoms with E-state index in [1.165, 1.54) is 23.9 Å². The first-order valence-corrected chi connectivity index (χ1v) is 8.51. The Hall–Kier alpha value is -1.36. The molecule has 0 saturated carbocycles. The monoisotopic (exact) mass is 324 g/mol. The highest BCUT2D eigenvalue weighted by Crippen LogP contribution is 2.35. The smallest absolute Gasteiger partial charge is 0.127 e. The Bertz CT molecular complexity index is 630. The SMILES string of the molecule is CCCn1c(CC)nc(C(C)C)c1Sc1cc(F)cc(F)c1. The minimum atomic E-state index is -0.550. The fourth-order valence-electron chi connectivity index (χ4n) is 2.41. The number of halogens is 2. The molecule has 2 aromatic rings. The molecule has 1 aromatic carbocycles. The van der Waals surface area contributed by atoms with Crippen LogP contribution in [0.2, 0.25) is 0 Å². The minimum Gasteiger partial charge on any atom is -0.323 e. The Morgan fingerprint density at radius 2 is 1.77 bits per heavy atom. The van der Waals surface area contributed by atoms with Crippen LogP contribution < -0.4 is 0 Å². The summed E-state index contributed by atoms with van der Waals surface area (Å²) in [5.74, 6) is 0.200. The van der Waals surface area contributed by atoms with E-state index in [4.69, 9.17) is 4.98 Å². The van der Waals surface area contributed by atoms with Crippen molar-refractivity contribution in [1.82, 2.24) is 9.55 Å². The van der Waals surface area contributed by atoms with Gasteiger partial charge in [0.2, 0.25) is 0 Å². The van der Waals surface area contributed by atoms with Gasteiger partial charge in [-0.1, -0.05) is 39.5 Å². The molecule has 0 aliphatic rings. The summed E-state index contributed by atoms with van der Waals surface area (Å²) in [6, 6.07) is 3.63. The lowest BCUT2D eigenvalue weighted by atomic mass is 10.1. The van der Waals surface area contributed by atoms with E-state index in [-0.39, 0.29) is 5.92 Å². The second-order valence-corrected chi connectivity index (χ2v) is 6.65. The second-order valence-electron chi connectivity index (χ2n) is 5.59. The van der Waals surface area contributed by atoms with Crippen LogP contribution in [0.15, 0.2) is 28.1 Å². The number of aryl methyl sites for hydroxylation is 1. The summed E-state index contributed by atoms with van der Waals surface area (Å²) < 4.78 is 29.1. The van der Waals surface area contributed by atoms with Crippen molar-refractivity contribution in [1.29, 1.82) is 0 Å². The molecule has 2 rings (SSSR count). The fraction of sp³-hybridized carbons (Fsp3) is 0.471. The van der Waals surface area contributed by atoms with Crippen molar-refractivity contribution < 1.29 is 8.78 Å². The third-order valence-corrected chi connectivity index (χ3v) is 4.48. The van der Waals surface area contributed by atoms with Crippen molar-refractivity contribution in [3.05, 3.63) is 41.4 Å². The molecule has 0 saturated heterocycles. The molecule has 0 atom stereocenters. The Balaban J connectivity index is 2.49. The highest BCUT2D eigenvalue weighted by molar-refractivity contribution is 7.99. The maximum Gasteiger partial charge on any atom is 0.127 e. The number of nitrogens with zero attached hydrogens (tertiary/aromatic N) is 2. The van der Waals surface area contributed by atoms with Gasteiger partial charge in [-0.25, -0.2) is 13.8 Å². The van der Waals surface area contributed by atoms with Gasteiger partial charge in [-0.05, 0) is 24.5 Å². The highest BCUT2D eigenvalue weighted by Gasteiger charge is 2.19. The Morgan fingerprint density at radius 3 is 2.27 bits per heavy atom. The molecule has 5 heteroatoms. The average Bonchev–Trinajstić information content (AvgIpc) is 2.76. The van der Waals surface area contributed by atoms with Crippen LogP contribution in [0.3, 0.4) is 0 Å². The third-order valence-electron chi connectivity index (χ3n) is 3.39. The maximum atomic E-state index is 13.4. The van der Waals surface area contributed by atoms with Gasteiger partial charge in [0, 0.05) is 23.9 Å². The molecule has 0 aliphatic carbocycles. The van der Waals surface area contributed by atoms with Crippen LogP contribution in [0.1, 0.15) is 51.6 Å². The second kappa shape index (κ2) is 7.27. The topological polar surface area (TPSA) is 17.8 Å². The lowest BCUT2D eigenvalue weighted by Gasteiger charge is -2.12. The standard InChI is InChI=1S/C17H22F2N2S/c1-5-7-21-15(6-2)20-16(11(3)4)17(21)22-14-9-12(18)8-13(19)10-14/h8-11H,5-7H2,1-4H3. The first kappa shape index (κ1) is 17.0. The van der Waals surface area contributed by atoms with Gasteiger partial charge in [-0.15, -0.1) is 0 Å². The molecule has 0 radical (unpaired) electrons. The summed E-state index contributed by atoms with van der Waals surface area (Å²) in [6.07, 6.45) is 1.84. The van der Waals surface area contributed by atoms with Crippen LogP contribution in [0.4, 0.5) is 8.78 Å². The third kappa shape index (κ3) is 3.69. The van der Waals surface area contributed by atoms with Crippen molar-refractivity contribution >= 4 is 11.8 Å². The molecule has 22 heavy (non-hydrogen) atoms. The summed E-state index contributed by atoms with van der Waals surface area (Å²) in [7, 11) is 0. The summed E-state index contributed by atoms with van der Waals surface area (Å²) in [5.41, 5.74) is 1.000. The van der Waals surface area contributed by atoms with E-state index >= 15 is 0 Å². The van der Waals surface area contributed by atoms with E-state index in [0.717, 1.165) is 42.0 Å². The molecule has 0 amide bonds. The molecule has 120 valence electrons. The van der Waals surface area contributed by atoms with Gasteiger partial charge in [0.1, 0.15) is 22.5 Å². The van der Waals surface area contributed by atoms with Gasteiger partial charge < -0.3 is 4.57 Å². The molecule has 2 nitrogen and oxygen atoms in total. The summed E-state index contributed by atoms with van der Waals surface area (Å²) in [5, 5.41) is 0.999. The van der Waals surface area contributed by atoms with Crippen molar-refractivity contribution in [3.8, 4) is 0 Å². The van der Waals surface area contributed by atoms with Gasteiger partial charge in [0.25, 0.3) is 0 Å². The first-order valence-electron chi connectivity index (χ1n) is 7.69. The summed E-state index contributed by atoms with van der Waals surface area (Å²) >= 11 is 1.39. The van der Waals surface area contributed by atoms with E-state index in [1.54, 1.807) is 0 Å². The van der Waals surface area contributed by atoms with Crippen molar-refractivity contribution in [3.63, 3.8) is 0 Å². The molecule has 0 N–H and O–H groups in total. The molecule has 1 aromatic heterocycles. The van der Waals surface area contributed by atoms with Gasteiger partial charge in [-0.3, -0.25) is 0 Å². The number of hydrogen-bond acceptors (Lipinski definition) is 2. The lowest BCUT2D eigenvalue weighted by Crippen LogP contribution is -2.04. The highest BCUT2D eigenvalue weighted by atomic mass is 32.2. The van der Waals surface area contributed by atoms with Crippen LogP contribution in [-0.2, 0) is 13.0 Å². The van der Waals surface area contributed by atoms with E-state index in [2.05, 4.69) is 32.3 Å². The minimum absolute atomic E-state index is 0.268. The molecular weight excluding hydrogens is 302 g/mol. The van der Waals surface area contributed by atoms with Crippen LogP contribution in [-0.4, -0.2) is 9.55 Å². The van der Waals surface area contributed by atoms with Crippen molar-refractivity contribution in [2.24, 2.45) is 0 Å². The number of aromatic nitrogens is 2. The van der Waals surface area contributed by atoms with Gasteiger partial charge in [-0.2, -0.15) is 0 Å². The summed E-state index contributed by atoms with van der Waals surface area (Å²) in [6.45, 7) is 9.24. The van der Waals surface area contributed by atoms with E-state index < -0.39 is 11.6 Å². The molecule has 0 aliphatic heterocycles. The molecule has 1 heterocycles. The molecule has 0 spiro atoms. The fourth-order valence-corrected chi connectivity index (χ4v) is 3.67. The zero-order valence-electron chi connectivity index (χ0n) is 13.5. The predicted octanol–water partition coefficient (Wildman–Crippen LogP) is 5.41. The lowest BCUT2D eigenvalue weighted by molar-refractivity contribution is 0.576. The molecular formula is C17H22F2N2S. The first-order chi connectivity index (χ1) is 10.5. The zero-order valence-corrected chi connectivity index (χ0v) is 14.3. The largest absolute Gasteiger partial charge is 0.323 e. The summed E-state index contributed by atoms with van der Waals surface area (Å²) in [4.78, 5) is 5.31. The maximum absolute atomic E-state index is 13.4. The van der Waals surface area contributed by atoms with E-state index in [9.17, 15) is 8.78 Å². The van der Waals surface area contributed by atoms with E-state index in [0.29, 0.717) is 4.90 Å². The Kier molecular flexibility index (Phi) is 5.62. The zero-order chi connectivity index (χ0) is 16.3. The van der Waals surface area contributed by atoms with Crippen LogP contribution in [0, 0.1) is 11.6 Å².